The molecule has 2 aliphatic rings. The van der Waals surface area contributed by atoms with Crippen molar-refractivity contribution in [2.75, 3.05) is 26.8 Å². The van der Waals surface area contributed by atoms with Crippen molar-refractivity contribution in [2.24, 2.45) is 0 Å². The van der Waals surface area contributed by atoms with E-state index in [-0.39, 0.29) is 17.8 Å². The van der Waals surface area contributed by atoms with Gasteiger partial charge in [-0.2, -0.15) is 4.98 Å². The summed E-state index contributed by atoms with van der Waals surface area (Å²) in [5.41, 5.74) is -0.0834. The fourth-order valence-corrected chi connectivity index (χ4v) is 3.58. The van der Waals surface area contributed by atoms with E-state index in [0.717, 1.165) is 37.6 Å². The standard InChI is InChI=1S/C15H25N3O2.ClH/c1-19-11-15(7-9-16-10-8-15)14-17-13(18-20-14)12-5-3-2-4-6-12;/h12,16H,2-11H2,1H3;1H. The van der Waals surface area contributed by atoms with Crippen molar-refractivity contribution in [3.05, 3.63) is 11.7 Å². The Morgan fingerprint density at radius 1 is 1.24 bits per heavy atom. The van der Waals surface area contributed by atoms with Gasteiger partial charge in [0.1, 0.15) is 0 Å². The molecular weight excluding hydrogens is 290 g/mol. The summed E-state index contributed by atoms with van der Waals surface area (Å²) in [6, 6.07) is 0. The van der Waals surface area contributed by atoms with Crippen LogP contribution in [0.3, 0.4) is 0 Å². The van der Waals surface area contributed by atoms with Crippen LogP contribution >= 0.6 is 12.4 Å². The minimum atomic E-state index is -0.0834. The van der Waals surface area contributed by atoms with Crippen LogP contribution in [0.5, 0.6) is 0 Å². The molecule has 1 saturated heterocycles. The monoisotopic (exact) mass is 315 g/mol. The van der Waals surface area contributed by atoms with Gasteiger partial charge in [0.2, 0.25) is 5.89 Å². The highest BCUT2D eigenvalue weighted by Gasteiger charge is 2.40. The smallest absolute Gasteiger partial charge is 0.235 e. The van der Waals surface area contributed by atoms with E-state index in [9.17, 15) is 0 Å². The average molecular weight is 316 g/mol. The van der Waals surface area contributed by atoms with Gasteiger partial charge in [0, 0.05) is 13.0 Å². The molecule has 0 bridgehead atoms. The fraction of sp³-hybridized carbons (Fsp3) is 0.867. The zero-order valence-corrected chi connectivity index (χ0v) is 13.6. The summed E-state index contributed by atoms with van der Waals surface area (Å²) < 4.78 is 11.1. The third kappa shape index (κ3) is 3.58. The molecule has 6 heteroatoms. The number of ether oxygens (including phenoxy) is 1. The first kappa shape index (κ1) is 16.7. The molecule has 2 fully saturated rings. The summed E-state index contributed by atoms with van der Waals surface area (Å²) >= 11 is 0. The van der Waals surface area contributed by atoms with Crippen LogP contribution in [0.15, 0.2) is 4.52 Å². The van der Waals surface area contributed by atoms with E-state index >= 15 is 0 Å². The number of aromatic nitrogens is 2. The van der Waals surface area contributed by atoms with E-state index in [4.69, 9.17) is 14.2 Å². The number of hydrogen-bond acceptors (Lipinski definition) is 5. The second-order valence-corrected chi connectivity index (χ2v) is 6.26. The number of nitrogens with zero attached hydrogens (tertiary/aromatic N) is 2. The molecule has 0 unspecified atom stereocenters. The topological polar surface area (TPSA) is 60.2 Å². The molecule has 1 saturated carbocycles. The number of hydrogen-bond donors (Lipinski definition) is 1. The van der Waals surface area contributed by atoms with Gasteiger partial charge >= 0.3 is 0 Å². The second kappa shape index (κ2) is 7.56. The predicted octanol–water partition coefficient (Wildman–Crippen LogP) is 2.81. The molecule has 0 atom stereocenters. The van der Waals surface area contributed by atoms with Gasteiger partial charge in [-0.05, 0) is 38.8 Å². The Balaban J connectivity index is 0.00000161. The molecule has 1 aliphatic heterocycles. The molecule has 2 heterocycles. The number of piperidine rings is 1. The van der Waals surface area contributed by atoms with E-state index < -0.39 is 0 Å². The molecule has 1 N–H and O–H groups in total. The lowest BCUT2D eigenvalue weighted by Gasteiger charge is -2.33. The number of halogens is 1. The molecule has 1 aliphatic carbocycles. The molecule has 21 heavy (non-hydrogen) atoms. The van der Waals surface area contributed by atoms with Gasteiger partial charge in [-0.3, -0.25) is 0 Å². The van der Waals surface area contributed by atoms with Crippen molar-refractivity contribution in [3.63, 3.8) is 0 Å². The van der Waals surface area contributed by atoms with Gasteiger partial charge < -0.3 is 14.6 Å². The highest BCUT2D eigenvalue weighted by atomic mass is 35.5. The van der Waals surface area contributed by atoms with Crippen LogP contribution in [0.25, 0.3) is 0 Å². The van der Waals surface area contributed by atoms with Crippen LogP contribution in [0.4, 0.5) is 0 Å². The molecular formula is C15H26ClN3O2. The second-order valence-electron chi connectivity index (χ2n) is 6.26. The third-order valence-corrected chi connectivity index (χ3v) is 4.85. The molecule has 0 spiro atoms. The Hall–Kier alpha value is -0.650. The normalized spacial score (nSPS) is 22.7. The highest BCUT2D eigenvalue weighted by Crippen LogP contribution is 2.36. The molecule has 1 aromatic rings. The average Bonchev–Trinajstić information content (AvgIpc) is 3.00. The van der Waals surface area contributed by atoms with Gasteiger partial charge in [0.05, 0.1) is 12.0 Å². The van der Waals surface area contributed by atoms with E-state index in [1.165, 1.54) is 32.1 Å². The van der Waals surface area contributed by atoms with E-state index in [1.807, 2.05) is 0 Å². The SMILES string of the molecule is COCC1(c2nc(C3CCCCC3)no2)CCNCC1.Cl. The minimum absolute atomic E-state index is 0. The summed E-state index contributed by atoms with van der Waals surface area (Å²) in [7, 11) is 1.75. The lowest BCUT2D eigenvalue weighted by atomic mass is 9.79. The maximum Gasteiger partial charge on any atom is 0.235 e. The fourth-order valence-electron chi connectivity index (χ4n) is 3.58. The highest BCUT2D eigenvalue weighted by molar-refractivity contribution is 5.85. The van der Waals surface area contributed by atoms with Crippen molar-refractivity contribution in [1.29, 1.82) is 0 Å². The van der Waals surface area contributed by atoms with Crippen molar-refractivity contribution < 1.29 is 9.26 Å². The van der Waals surface area contributed by atoms with Gasteiger partial charge in [-0.1, -0.05) is 24.4 Å². The van der Waals surface area contributed by atoms with Gasteiger partial charge in [0.25, 0.3) is 0 Å². The van der Waals surface area contributed by atoms with Crippen LogP contribution in [-0.2, 0) is 10.2 Å². The van der Waals surface area contributed by atoms with Gasteiger partial charge in [0.15, 0.2) is 5.82 Å². The zero-order valence-electron chi connectivity index (χ0n) is 12.8. The van der Waals surface area contributed by atoms with Gasteiger partial charge in [-0.25, -0.2) is 0 Å². The van der Waals surface area contributed by atoms with Crippen LogP contribution in [0.2, 0.25) is 0 Å². The molecule has 5 nitrogen and oxygen atoms in total. The Morgan fingerprint density at radius 2 is 1.95 bits per heavy atom. The first-order valence-corrected chi connectivity index (χ1v) is 7.88. The summed E-state index contributed by atoms with van der Waals surface area (Å²) in [5.74, 6) is 2.22. The lowest BCUT2D eigenvalue weighted by molar-refractivity contribution is 0.0849. The largest absolute Gasteiger partial charge is 0.384 e. The quantitative estimate of drug-likeness (QED) is 0.925. The van der Waals surface area contributed by atoms with E-state index in [2.05, 4.69) is 10.5 Å². The predicted molar refractivity (Wildman–Crippen MR) is 83.0 cm³/mol. The van der Waals surface area contributed by atoms with Crippen LogP contribution in [0.1, 0.15) is 62.6 Å². The molecule has 1 aromatic heterocycles. The molecule has 0 aromatic carbocycles. The molecule has 0 radical (unpaired) electrons. The maximum absolute atomic E-state index is 5.64. The van der Waals surface area contributed by atoms with Gasteiger partial charge in [-0.15, -0.1) is 12.4 Å². The van der Waals surface area contributed by atoms with Crippen molar-refractivity contribution >= 4 is 12.4 Å². The number of rotatable bonds is 4. The third-order valence-electron chi connectivity index (χ3n) is 4.85. The number of nitrogens with one attached hydrogen (secondary N) is 1. The summed E-state index contributed by atoms with van der Waals surface area (Å²) in [4.78, 5) is 4.76. The van der Waals surface area contributed by atoms with Crippen molar-refractivity contribution in [2.45, 2.75) is 56.3 Å². The van der Waals surface area contributed by atoms with Crippen LogP contribution < -0.4 is 5.32 Å². The first-order chi connectivity index (χ1) is 9.84. The molecule has 0 amide bonds. The van der Waals surface area contributed by atoms with Crippen molar-refractivity contribution in [1.82, 2.24) is 15.5 Å². The Morgan fingerprint density at radius 3 is 2.62 bits per heavy atom. The number of methoxy groups -OCH3 is 1. The summed E-state index contributed by atoms with van der Waals surface area (Å²) in [6.07, 6.45) is 8.36. The summed E-state index contributed by atoms with van der Waals surface area (Å²) in [6.45, 7) is 2.65. The zero-order chi connectivity index (χ0) is 13.8. The van der Waals surface area contributed by atoms with E-state index in [0.29, 0.717) is 12.5 Å². The Bertz CT molecular complexity index is 421. The van der Waals surface area contributed by atoms with Crippen LogP contribution in [0, 0.1) is 0 Å². The van der Waals surface area contributed by atoms with Crippen molar-refractivity contribution in [3.8, 4) is 0 Å². The summed E-state index contributed by atoms with van der Waals surface area (Å²) in [5, 5.41) is 7.67. The van der Waals surface area contributed by atoms with E-state index in [1.54, 1.807) is 7.11 Å². The lowest BCUT2D eigenvalue weighted by Crippen LogP contribution is -2.43. The molecule has 3 rings (SSSR count). The molecule has 120 valence electrons. The minimum Gasteiger partial charge on any atom is -0.384 e. The first-order valence-electron chi connectivity index (χ1n) is 7.88. The maximum atomic E-state index is 5.64. The Kier molecular flexibility index (Phi) is 6.02. The van der Waals surface area contributed by atoms with Crippen LogP contribution in [-0.4, -0.2) is 36.9 Å². The Labute approximate surface area is 132 Å².